The smallest absolute Gasteiger partial charge is 0.234 e. The van der Waals surface area contributed by atoms with Crippen molar-refractivity contribution in [3.05, 3.63) is 82.2 Å². The number of nitrogens with zero attached hydrogens (tertiary/aromatic N) is 2. The van der Waals surface area contributed by atoms with Crippen LogP contribution in [0.3, 0.4) is 0 Å². The Morgan fingerprint density at radius 1 is 1.09 bits per heavy atom. The molecule has 8 heteroatoms. The maximum Gasteiger partial charge on any atom is 0.234 e. The van der Waals surface area contributed by atoms with Gasteiger partial charge in [-0.1, -0.05) is 55.0 Å². The number of hydrogen-bond donors (Lipinski definition) is 1. The Hall–Kier alpha value is -3.33. The monoisotopic (exact) mass is 602 g/mol. The summed E-state index contributed by atoms with van der Waals surface area (Å²) in [5.74, 6) is -1.85. The van der Waals surface area contributed by atoms with Gasteiger partial charge in [0.05, 0.1) is 31.2 Å². The number of aromatic hydroxyl groups is 1. The predicted octanol–water partition coefficient (Wildman–Crippen LogP) is 5.73. The zero-order chi connectivity index (χ0) is 30.8. The van der Waals surface area contributed by atoms with E-state index in [4.69, 9.17) is 9.47 Å². The van der Waals surface area contributed by atoms with Crippen LogP contribution in [0.15, 0.2) is 65.3 Å². The molecule has 0 spiro atoms. The highest BCUT2D eigenvalue weighted by Gasteiger charge is 2.58. The number of carbonyl (C=O) groups is 2. The van der Waals surface area contributed by atoms with Crippen molar-refractivity contribution in [3.63, 3.8) is 0 Å². The molecule has 6 rings (SSSR count). The van der Waals surface area contributed by atoms with Gasteiger partial charge in [-0.25, -0.2) is 4.39 Å². The van der Waals surface area contributed by atoms with Crippen LogP contribution in [0, 0.1) is 23.6 Å². The molecule has 234 valence electrons. The highest BCUT2D eigenvalue weighted by atomic mass is 19.1. The Bertz CT molecular complexity index is 1430. The first kappa shape index (κ1) is 30.7. The third-order valence-corrected chi connectivity index (χ3v) is 10.1. The number of phenols is 1. The summed E-state index contributed by atoms with van der Waals surface area (Å²) >= 11 is 0. The summed E-state index contributed by atoms with van der Waals surface area (Å²) in [7, 11) is 1.67. The molecule has 4 aliphatic rings. The number of allylic oxidation sites excluding steroid dienone is 1. The van der Waals surface area contributed by atoms with Gasteiger partial charge in [0.2, 0.25) is 11.8 Å². The van der Waals surface area contributed by atoms with E-state index in [1.165, 1.54) is 17.7 Å². The van der Waals surface area contributed by atoms with E-state index in [-0.39, 0.29) is 47.5 Å². The Labute approximate surface area is 259 Å². The molecule has 2 aromatic rings. The average Bonchev–Trinajstić information content (AvgIpc) is 3.56. The van der Waals surface area contributed by atoms with Gasteiger partial charge in [-0.3, -0.25) is 19.4 Å². The molecule has 4 atom stereocenters. The third-order valence-electron chi connectivity index (χ3n) is 10.1. The topological polar surface area (TPSA) is 79.3 Å². The Morgan fingerprint density at radius 2 is 1.86 bits per heavy atom. The third kappa shape index (κ3) is 6.12. The quantitative estimate of drug-likeness (QED) is 0.276. The van der Waals surface area contributed by atoms with Crippen LogP contribution in [0.1, 0.15) is 56.6 Å². The van der Waals surface area contributed by atoms with Crippen molar-refractivity contribution in [1.82, 2.24) is 9.80 Å². The summed E-state index contributed by atoms with van der Waals surface area (Å²) in [4.78, 5) is 31.9. The summed E-state index contributed by atoms with van der Waals surface area (Å²) in [6, 6.07) is 14.8. The summed E-state index contributed by atoms with van der Waals surface area (Å²) in [5.41, 5.74) is 5.40. The second-order valence-corrected chi connectivity index (χ2v) is 12.7. The summed E-state index contributed by atoms with van der Waals surface area (Å²) in [6.07, 6.45) is 6.28. The lowest BCUT2D eigenvalue weighted by molar-refractivity contribution is -0.144. The first-order valence-electron chi connectivity index (χ1n) is 16.0. The number of piperidine rings is 1. The zero-order valence-electron chi connectivity index (χ0n) is 25.7. The molecule has 2 aromatic carbocycles. The highest BCUT2D eigenvalue weighted by molar-refractivity contribution is 6.06. The molecule has 44 heavy (non-hydrogen) atoms. The van der Waals surface area contributed by atoms with Crippen molar-refractivity contribution in [3.8, 4) is 5.75 Å². The lowest BCUT2D eigenvalue weighted by Gasteiger charge is -2.36. The van der Waals surface area contributed by atoms with Crippen LogP contribution < -0.4 is 0 Å². The number of hydrogen-bond acceptors (Lipinski definition) is 6. The number of methoxy groups -OCH3 is 1. The van der Waals surface area contributed by atoms with E-state index >= 15 is 0 Å². The maximum absolute atomic E-state index is 14.0. The van der Waals surface area contributed by atoms with Crippen LogP contribution in [0.2, 0.25) is 0 Å². The van der Waals surface area contributed by atoms with Gasteiger partial charge in [-0.05, 0) is 72.9 Å². The number of halogens is 1. The van der Waals surface area contributed by atoms with Gasteiger partial charge in [-0.15, -0.1) is 0 Å². The normalized spacial score (nSPS) is 26.4. The molecule has 0 radical (unpaired) electrons. The van der Waals surface area contributed by atoms with E-state index in [1.807, 2.05) is 12.1 Å². The fourth-order valence-corrected chi connectivity index (χ4v) is 7.86. The molecule has 3 fully saturated rings. The number of likely N-dealkylation sites (tertiary alicyclic amines) is 2. The molecule has 3 heterocycles. The fraction of sp³-hybridized carbons (Fsp3) is 0.500. The van der Waals surface area contributed by atoms with E-state index < -0.39 is 5.82 Å². The molecule has 2 amide bonds. The van der Waals surface area contributed by atoms with Crippen molar-refractivity contribution >= 4 is 17.9 Å². The molecule has 7 nitrogen and oxygen atoms in total. The van der Waals surface area contributed by atoms with Crippen LogP contribution in [-0.2, 0) is 25.6 Å². The lowest BCUT2D eigenvalue weighted by Crippen LogP contribution is -2.47. The maximum atomic E-state index is 14.0. The first-order chi connectivity index (χ1) is 21.4. The standard InChI is InChI=1S/C36H43FN2O5/c1-3-23(17-25-9-11-31(40)30(37)18-25)10-12-32-33-26(21-43-2)19-28-34(29(33)22-44-32)36(42)39(35(28)41)27-13-15-38(16-14-27)20-24-7-5-4-6-8-24/h4-9,11,17-18,27-29,32,34,40H,3,10,12-16,19-22H2,1-2H3/b23-17+/t28-,29+,32-,34-/m1/s1. The van der Waals surface area contributed by atoms with Crippen LogP contribution in [0.25, 0.3) is 6.08 Å². The molecule has 0 saturated carbocycles. The van der Waals surface area contributed by atoms with Crippen molar-refractivity contribution in [1.29, 1.82) is 0 Å². The lowest BCUT2D eigenvalue weighted by atomic mass is 9.69. The van der Waals surface area contributed by atoms with Crippen molar-refractivity contribution in [2.75, 3.05) is 33.4 Å². The molecular weight excluding hydrogens is 559 g/mol. The van der Waals surface area contributed by atoms with Crippen LogP contribution >= 0.6 is 0 Å². The number of rotatable bonds is 10. The van der Waals surface area contributed by atoms with Crippen LogP contribution in [0.5, 0.6) is 5.75 Å². The van der Waals surface area contributed by atoms with E-state index in [2.05, 4.69) is 36.1 Å². The minimum atomic E-state index is -0.634. The molecule has 3 saturated heterocycles. The summed E-state index contributed by atoms with van der Waals surface area (Å²) in [6.45, 7) is 5.55. The SMILES string of the molecule is CC/C(=C\c1ccc(O)c(F)c1)CC[C@H]1OC[C@H]2C1=C(COC)C[C@H]1C(=O)N(C3CCN(Cc4ccccc4)CC3)C(=O)[C@H]12. The molecule has 1 N–H and O–H groups in total. The fourth-order valence-electron chi connectivity index (χ4n) is 7.86. The molecular formula is C36H43FN2O5. The minimum Gasteiger partial charge on any atom is -0.505 e. The highest BCUT2D eigenvalue weighted by Crippen LogP contribution is 2.50. The second kappa shape index (κ2) is 13.3. The largest absolute Gasteiger partial charge is 0.505 e. The number of imide groups is 1. The van der Waals surface area contributed by atoms with Crippen LogP contribution in [-0.4, -0.2) is 72.3 Å². The van der Waals surface area contributed by atoms with Gasteiger partial charge >= 0.3 is 0 Å². The Kier molecular flexibility index (Phi) is 9.31. The average molecular weight is 603 g/mol. The molecule has 0 aromatic heterocycles. The molecule has 0 unspecified atom stereocenters. The van der Waals surface area contributed by atoms with E-state index in [9.17, 15) is 19.1 Å². The predicted molar refractivity (Wildman–Crippen MR) is 166 cm³/mol. The van der Waals surface area contributed by atoms with Crippen LogP contribution in [0.4, 0.5) is 4.39 Å². The van der Waals surface area contributed by atoms with Crippen molar-refractivity contribution < 1.29 is 28.6 Å². The van der Waals surface area contributed by atoms with E-state index in [0.29, 0.717) is 25.2 Å². The van der Waals surface area contributed by atoms with Gasteiger partial charge in [-0.2, -0.15) is 0 Å². The Balaban J connectivity index is 1.14. The Morgan fingerprint density at radius 3 is 2.57 bits per heavy atom. The van der Waals surface area contributed by atoms with E-state index in [0.717, 1.165) is 68.5 Å². The first-order valence-corrected chi connectivity index (χ1v) is 16.0. The number of fused-ring (bicyclic) bond motifs is 3. The van der Waals surface area contributed by atoms with E-state index in [1.54, 1.807) is 18.1 Å². The summed E-state index contributed by atoms with van der Waals surface area (Å²) < 4.78 is 25.9. The van der Waals surface area contributed by atoms with Crippen molar-refractivity contribution in [2.24, 2.45) is 17.8 Å². The number of ether oxygens (including phenoxy) is 2. The minimum absolute atomic E-state index is 0.0186. The van der Waals surface area contributed by atoms with Crippen molar-refractivity contribution in [2.45, 2.75) is 64.1 Å². The van der Waals surface area contributed by atoms with Gasteiger partial charge < -0.3 is 14.6 Å². The molecule has 0 bridgehead atoms. The number of carbonyl (C=O) groups excluding carboxylic acids is 2. The molecule has 3 aliphatic heterocycles. The molecule has 1 aliphatic carbocycles. The van der Waals surface area contributed by atoms with Gasteiger partial charge in [0, 0.05) is 38.7 Å². The van der Waals surface area contributed by atoms with Gasteiger partial charge in [0.25, 0.3) is 0 Å². The van der Waals surface area contributed by atoms with Gasteiger partial charge in [0.15, 0.2) is 11.6 Å². The number of amides is 2. The number of benzene rings is 2. The second-order valence-electron chi connectivity index (χ2n) is 12.7. The number of phenolic OH excluding ortho intramolecular Hbond substituents is 1. The van der Waals surface area contributed by atoms with Gasteiger partial charge in [0.1, 0.15) is 0 Å². The summed E-state index contributed by atoms with van der Waals surface area (Å²) in [5, 5.41) is 9.53. The zero-order valence-corrected chi connectivity index (χ0v) is 25.7.